The molecular formula is C20H22N2O3. The number of aliphatic hydroxyl groups is 1. The van der Waals surface area contributed by atoms with Crippen LogP contribution < -0.4 is 10.1 Å². The molecule has 0 radical (unpaired) electrons. The molecule has 2 N–H and O–H groups in total. The first kappa shape index (κ1) is 16.1. The molecule has 25 heavy (non-hydrogen) atoms. The number of carbonyl (C=O) groups is 1. The highest BCUT2D eigenvalue weighted by molar-refractivity contribution is 5.81. The Bertz CT molecular complexity index is 752. The summed E-state index contributed by atoms with van der Waals surface area (Å²) in [4.78, 5) is 13.9. The minimum absolute atomic E-state index is 0.00708. The topological polar surface area (TPSA) is 61.8 Å². The highest BCUT2D eigenvalue weighted by atomic mass is 16.5. The maximum atomic E-state index is 12.0. The van der Waals surface area contributed by atoms with Crippen molar-refractivity contribution >= 4 is 5.91 Å². The lowest BCUT2D eigenvalue weighted by Gasteiger charge is -2.57. The minimum Gasteiger partial charge on any atom is -0.497 e. The molecule has 0 unspecified atom stereocenters. The zero-order valence-corrected chi connectivity index (χ0v) is 14.2. The Kier molecular flexibility index (Phi) is 4.19. The van der Waals surface area contributed by atoms with Crippen molar-refractivity contribution in [2.75, 3.05) is 26.8 Å². The van der Waals surface area contributed by atoms with Gasteiger partial charge in [0.2, 0.25) is 5.91 Å². The molecule has 0 saturated carbocycles. The van der Waals surface area contributed by atoms with Crippen molar-refractivity contribution in [1.82, 2.24) is 10.2 Å². The number of fused-ring (bicyclic) bond motifs is 1. The molecule has 1 amide bonds. The van der Waals surface area contributed by atoms with E-state index in [2.05, 4.69) is 29.6 Å². The van der Waals surface area contributed by atoms with Crippen LogP contribution >= 0.6 is 0 Å². The van der Waals surface area contributed by atoms with Gasteiger partial charge >= 0.3 is 0 Å². The molecule has 2 aromatic rings. The van der Waals surface area contributed by atoms with Crippen molar-refractivity contribution in [3.63, 3.8) is 0 Å². The van der Waals surface area contributed by atoms with E-state index in [0.29, 0.717) is 6.54 Å². The van der Waals surface area contributed by atoms with E-state index in [1.807, 2.05) is 29.2 Å². The van der Waals surface area contributed by atoms with Gasteiger partial charge < -0.3 is 20.1 Å². The van der Waals surface area contributed by atoms with Crippen LogP contribution in [-0.2, 0) is 4.79 Å². The predicted octanol–water partition coefficient (Wildman–Crippen LogP) is 1.62. The Labute approximate surface area is 147 Å². The third kappa shape index (κ3) is 2.69. The van der Waals surface area contributed by atoms with Crippen molar-refractivity contribution in [1.29, 1.82) is 0 Å². The number of rotatable bonds is 4. The number of aliphatic hydroxyl groups excluding tert-OH is 1. The summed E-state index contributed by atoms with van der Waals surface area (Å²) in [7, 11) is 1.66. The Morgan fingerprint density at radius 1 is 1.12 bits per heavy atom. The number of carbonyl (C=O) groups excluding carboxylic acids is 1. The first-order chi connectivity index (χ1) is 12.2. The maximum absolute atomic E-state index is 12.0. The molecule has 2 aromatic carbocycles. The van der Waals surface area contributed by atoms with Gasteiger partial charge in [0.25, 0.3) is 0 Å². The molecule has 0 aliphatic carbocycles. The second-order valence-corrected chi connectivity index (χ2v) is 6.63. The SMILES string of the molecule is COc1ccc(-c2ccc([C@@H]3[C@H](CO)N4C(=O)CNC[C@@H]34)cc2)cc1. The van der Waals surface area contributed by atoms with Gasteiger partial charge in [0.15, 0.2) is 0 Å². The van der Waals surface area contributed by atoms with Gasteiger partial charge in [-0.3, -0.25) is 4.79 Å². The molecule has 0 bridgehead atoms. The zero-order valence-electron chi connectivity index (χ0n) is 14.2. The van der Waals surface area contributed by atoms with Crippen molar-refractivity contribution in [2.24, 2.45) is 0 Å². The third-order valence-electron chi connectivity index (χ3n) is 5.37. The van der Waals surface area contributed by atoms with Crippen molar-refractivity contribution < 1.29 is 14.6 Å². The smallest absolute Gasteiger partial charge is 0.237 e. The van der Waals surface area contributed by atoms with Crippen LogP contribution in [0, 0.1) is 0 Å². The number of benzene rings is 2. The molecule has 0 aromatic heterocycles. The van der Waals surface area contributed by atoms with Gasteiger partial charge in [0.05, 0.1) is 32.3 Å². The average molecular weight is 338 g/mol. The molecule has 130 valence electrons. The molecule has 5 nitrogen and oxygen atoms in total. The normalized spacial score (nSPS) is 25.3. The van der Waals surface area contributed by atoms with Gasteiger partial charge in [0.1, 0.15) is 5.75 Å². The van der Waals surface area contributed by atoms with Gasteiger partial charge in [-0.2, -0.15) is 0 Å². The standard InChI is InChI=1S/C20H22N2O3/c1-25-16-8-6-14(7-9-16)13-2-4-15(5-3-13)20-17-10-21-11-19(24)22(17)18(20)12-23/h2-9,17-18,20-21,23H,10-12H2,1H3/t17-,18-,20-/m0/s1. The second kappa shape index (κ2) is 6.50. The number of piperazine rings is 1. The Morgan fingerprint density at radius 3 is 2.36 bits per heavy atom. The average Bonchev–Trinajstić information content (AvgIpc) is 2.64. The van der Waals surface area contributed by atoms with E-state index in [1.165, 1.54) is 5.56 Å². The van der Waals surface area contributed by atoms with Crippen molar-refractivity contribution in [3.05, 3.63) is 54.1 Å². The molecule has 4 rings (SSSR count). The molecule has 2 aliphatic heterocycles. The quantitative estimate of drug-likeness (QED) is 0.889. The molecule has 2 saturated heterocycles. The van der Waals surface area contributed by atoms with E-state index < -0.39 is 0 Å². The Balaban J connectivity index is 1.56. The molecule has 2 fully saturated rings. The van der Waals surface area contributed by atoms with Crippen molar-refractivity contribution in [2.45, 2.75) is 18.0 Å². The summed E-state index contributed by atoms with van der Waals surface area (Å²) in [5, 5.41) is 12.9. The molecule has 2 heterocycles. The van der Waals surface area contributed by atoms with E-state index in [0.717, 1.165) is 23.4 Å². The summed E-state index contributed by atoms with van der Waals surface area (Å²) >= 11 is 0. The van der Waals surface area contributed by atoms with E-state index in [-0.39, 0.29) is 30.5 Å². The number of hydrogen-bond donors (Lipinski definition) is 2. The van der Waals surface area contributed by atoms with Crippen molar-refractivity contribution in [3.8, 4) is 16.9 Å². The predicted molar refractivity (Wildman–Crippen MR) is 95.5 cm³/mol. The van der Waals surface area contributed by atoms with Crippen LogP contribution in [0.15, 0.2) is 48.5 Å². The first-order valence-corrected chi connectivity index (χ1v) is 8.60. The Morgan fingerprint density at radius 2 is 1.76 bits per heavy atom. The fourth-order valence-corrected chi connectivity index (χ4v) is 4.09. The van der Waals surface area contributed by atoms with Gasteiger partial charge in [-0.25, -0.2) is 0 Å². The summed E-state index contributed by atoms with van der Waals surface area (Å²) < 4.78 is 5.20. The summed E-state index contributed by atoms with van der Waals surface area (Å²) in [6.07, 6.45) is 0. The van der Waals surface area contributed by atoms with E-state index in [1.54, 1.807) is 7.11 Å². The largest absolute Gasteiger partial charge is 0.497 e. The summed E-state index contributed by atoms with van der Waals surface area (Å²) in [5.74, 6) is 1.11. The summed E-state index contributed by atoms with van der Waals surface area (Å²) in [6, 6.07) is 16.5. The zero-order chi connectivity index (χ0) is 17.4. The molecule has 2 aliphatic rings. The number of nitrogens with zero attached hydrogens (tertiary/aromatic N) is 1. The van der Waals surface area contributed by atoms with Crippen LogP contribution in [0.25, 0.3) is 11.1 Å². The molecular weight excluding hydrogens is 316 g/mol. The van der Waals surface area contributed by atoms with Gasteiger partial charge in [-0.15, -0.1) is 0 Å². The number of methoxy groups -OCH3 is 1. The lowest BCUT2D eigenvalue weighted by atomic mass is 9.74. The van der Waals surface area contributed by atoms with Crippen LogP contribution in [-0.4, -0.2) is 54.8 Å². The van der Waals surface area contributed by atoms with Crippen LogP contribution in [0.3, 0.4) is 0 Å². The van der Waals surface area contributed by atoms with E-state index in [4.69, 9.17) is 4.74 Å². The maximum Gasteiger partial charge on any atom is 0.237 e. The van der Waals surface area contributed by atoms with Crippen LogP contribution in [0.2, 0.25) is 0 Å². The number of amides is 1. The van der Waals surface area contributed by atoms with E-state index in [9.17, 15) is 9.90 Å². The van der Waals surface area contributed by atoms with Gasteiger partial charge in [0, 0.05) is 12.5 Å². The fourth-order valence-electron chi connectivity index (χ4n) is 4.09. The fraction of sp³-hybridized carbons (Fsp3) is 0.350. The lowest BCUT2D eigenvalue weighted by Crippen LogP contribution is -2.72. The third-order valence-corrected chi connectivity index (χ3v) is 5.37. The summed E-state index contributed by atoms with van der Waals surface area (Å²) in [6.45, 7) is 1.16. The van der Waals surface area contributed by atoms with Crippen LogP contribution in [0.1, 0.15) is 11.5 Å². The minimum atomic E-state index is -0.105. The monoisotopic (exact) mass is 338 g/mol. The number of nitrogens with one attached hydrogen (secondary N) is 1. The Hall–Kier alpha value is -2.37. The molecule has 3 atom stereocenters. The van der Waals surface area contributed by atoms with Crippen LogP contribution in [0.5, 0.6) is 5.75 Å². The number of ether oxygens (including phenoxy) is 1. The highest BCUT2D eigenvalue weighted by Gasteiger charge is 2.52. The molecule has 0 spiro atoms. The van der Waals surface area contributed by atoms with E-state index >= 15 is 0 Å². The summed E-state index contributed by atoms with van der Waals surface area (Å²) in [5.41, 5.74) is 3.45. The highest BCUT2D eigenvalue weighted by Crippen LogP contribution is 2.41. The second-order valence-electron chi connectivity index (χ2n) is 6.63. The number of hydrogen-bond acceptors (Lipinski definition) is 4. The van der Waals surface area contributed by atoms with Gasteiger partial charge in [-0.05, 0) is 28.8 Å². The van der Waals surface area contributed by atoms with Crippen LogP contribution in [0.4, 0.5) is 0 Å². The lowest BCUT2D eigenvalue weighted by molar-refractivity contribution is -0.153. The first-order valence-electron chi connectivity index (χ1n) is 8.60. The molecule has 5 heteroatoms. The van der Waals surface area contributed by atoms with Gasteiger partial charge in [-0.1, -0.05) is 36.4 Å².